The number of nitrogens with one attached hydrogen (secondary N) is 1. The van der Waals surface area contributed by atoms with E-state index < -0.39 is 11.2 Å². The first kappa shape index (κ1) is 25.5. The molecule has 3 heterocycles. The molecule has 2 aromatic heterocycles. The maximum Gasteiger partial charge on any atom is 0.330 e. The molecule has 3 N–H and O–H groups in total. The number of nitrogen functional groups attached to an aromatic ring is 1. The molecule has 0 radical (unpaired) electrons. The number of hydrogen-bond acceptors (Lipinski definition) is 5. The highest BCUT2D eigenvalue weighted by atomic mass is 16.2. The van der Waals surface area contributed by atoms with Crippen molar-refractivity contribution in [2.75, 3.05) is 17.2 Å². The minimum absolute atomic E-state index is 0.0234. The lowest BCUT2D eigenvalue weighted by molar-refractivity contribution is 0.0980. The zero-order valence-electron chi connectivity index (χ0n) is 21.3. The second-order valence-electron chi connectivity index (χ2n) is 9.37. The summed E-state index contributed by atoms with van der Waals surface area (Å²) in [6.45, 7) is 5.51. The fraction of sp³-hybridized carbons (Fsp3) is 0.481. The lowest BCUT2D eigenvalue weighted by Crippen LogP contribution is -2.42. The molecule has 0 unspecified atom stereocenters. The molecule has 1 aromatic carbocycles. The Labute approximate surface area is 211 Å². The van der Waals surface area contributed by atoms with E-state index in [1.54, 1.807) is 0 Å². The van der Waals surface area contributed by atoms with Crippen molar-refractivity contribution in [1.29, 1.82) is 0 Å². The van der Waals surface area contributed by atoms with Gasteiger partial charge in [0.1, 0.15) is 11.6 Å². The minimum atomic E-state index is -0.650. The van der Waals surface area contributed by atoms with Gasteiger partial charge in [-0.2, -0.15) is 0 Å². The van der Waals surface area contributed by atoms with E-state index in [1.807, 2.05) is 44.2 Å². The fourth-order valence-corrected chi connectivity index (χ4v) is 4.83. The molecule has 1 amide bonds. The van der Waals surface area contributed by atoms with Gasteiger partial charge in [-0.1, -0.05) is 63.4 Å². The van der Waals surface area contributed by atoms with Crippen molar-refractivity contribution in [2.24, 2.45) is 0 Å². The number of anilines is 2. The van der Waals surface area contributed by atoms with Gasteiger partial charge in [0.2, 0.25) is 0 Å². The Morgan fingerprint density at radius 1 is 1.08 bits per heavy atom. The fourth-order valence-electron chi connectivity index (χ4n) is 4.83. The molecule has 3 aromatic rings. The first-order valence-corrected chi connectivity index (χ1v) is 13.1. The number of aromatic nitrogens is 4. The van der Waals surface area contributed by atoms with Gasteiger partial charge in [0.15, 0.2) is 11.4 Å². The topological polar surface area (TPSA) is 119 Å². The molecule has 4 rings (SSSR count). The number of carbonyl (C=O) groups is 1. The van der Waals surface area contributed by atoms with Gasteiger partial charge in [-0.3, -0.25) is 24.0 Å². The number of hydrogen-bond donors (Lipinski definition) is 2. The number of imidazole rings is 1. The normalized spacial score (nSPS) is 13.3. The lowest BCUT2D eigenvalue weighted by atomic mass is 10.1. The van der Waals surface area contributed by atoms with Crippen LogP contribution in [-0.2, 0) is 19.5 Å². The molecule has 0 bridgehead atoms. The van der Waals surface area contributed by atoms with Crippen LogP contribution in [0.5, 0.6) is 0 Å². The summed E-state index contributed by atoms with van der Waals surface area (Å²) in [5.41, 5.74) is 7.42. The van der Waals surface area contributed by atoms with Crippen LogP contribution in [0.4, 0.5) is 11.5 Å². The second kappa shape index (κ2) is 11.4. The molecule has 192 valence electrons. The average Bonchev–Trinajstić information content (AvgIpc) is 3.06. The molecule has 0 atom stereocenters. The Morgan fingerprint density at radius 3 is 2.56 bits per heavy atom. The highest BCUT2D eigenvalue weighted by Gasteiger charge is 2.31. The number of unbranched alkanes of at least 4 members (excludes halogenated alkanes) is 2. The van der Waals surface area contributed by atoms with E-state index in [-0.39, 0.29) is 17.4 Å². The van der Waals surface area contributed by atoms with Crippen LogP contribution in [0.15, 0.2) is 39.9 Å². The summed E-state index contributed by atoms with van der Waals surface area (Å²) in [7, 11) is 0. The molecule has 0 spiro atoms. The Hall–Kier alpha value is -3.62. The largest absolute Gasteiger partial charge is 0.383 e. The quantitative estimate of drug-likeness (QED) is 0.469. The molecule has 1 aliphatic heterocycles. The molecule has 0 saturated carbocycles. The molecule has 0 aliphatic carbocycles. The van der Waals surface area contributed by atoms with Crippen molar-refractivity contribution in [2.45, 2.75) is 78.3 Å². The molecule has 9 heteroatoms. The summed E-state index contributed by atoms with van der Waals surface area (Å²) in [5, 5.41) is 0. The van der Waals surface area contributed by atoms with E-state index in [1.165, 1.54) is 9.47 Å². The van der Waals surface area contributed by atoms with Crippen molar-refractivity contribution in [1.82, 2.24) is 19.1 Å². The van der Waals surface area contributed by atoms with Crippen LogP contribution < -0.4 is 21.9 Å². The van der Waals surface area contributed by atoms with Crippen molar-refractivity contribution < 1.29 is 4.79 Å². The number of benzene rings is 1. The lowest BCUT2D eigenvalue weighted by Gasteiger charge is -2.24. The highest BCUT2D eigenvalue weighted by Crippen LogP contribution is 2.29. The zero-order chi connectivity index (χ0) is 25.7. The molecule has 1 aliphatic rings. The molecule has 9 nitrogen and oxygen atoms in total. The predicted octanol–water partition coefficient (Wildman–Crippen LogP) is 3.96. The second-order valence-corrected chi connectivity index (χ2v) is 9.37. The molecule has 0 fully saturated rings. The van der Waals surface area contributed by atoms with Gasteiger partial charge in [-0.15, -0.1) is 0 Å². The van der Waals surface area contributed by atoms with Crippen LogP contribution in [0.1, 0.15) is 75.0 Å². The highest BCUT2D eigenvalue weighted by molar-refractivity contribution is 6.07. The summed E-state index contributed by atoms with van der Waals surface area (Å²) >= 11 is 0. The first-order chi connectivity index (χ1) is 17.5. The Bertz CT molecular complexity index is 1320. The first-order valence-electron chi connectivity index (χ1n) is 13.1. The standard InChI is InChI=1S/C27H36N6O3/c1-3-5-16-32(22-23(28)33(17-6-4-2)27(36)30-25(22)34)26(35)21-20-15-11-8-12-18-31(20)24(29-21)19-13-9-7-10-14-19/h7,9-10,13-14H,3-6,8,11-12,15-18,28H2,1-2H3,(H,30,34,36). The van der Waals surface area contributed by atoms with Crippen LogP contribution >= 0.6 is 0 Å². The van der Waals surface area contributed by atoms with Gasteiger partial charge in [0.05, 0.1) is 5.69 Å². The van der Waals surface area contributed by atoms with E-state index in [0.717, 1.165) is 68.6 Å². The number of nitrogens with two attached hydrogens (primary N) is 1. The monoisotopic (exact) mass is 492 g/mol. The van der Waals surface area contributed by atoms with Crippen LogP contribution in [0.3, 0.4) is 0 Å². The summed E-state index contributed by atoms with van der Waals surface area (Å²) in [4.78, 5) is 48.3. The third-order valence-electron chi connectivity index (χ3n) is 6.80. The number of aromatic amines is 1. The van der Waals surface area contributed by atoms with Gasteiger partial charge in [-0.25, -0.2) is 9.78 Å². The molecule has 0 saturated heterocycles. The number of fused-ring (bicyclic) bond motifs is 1. The van der Waals surface area contributed by atoms with Crippen LogP contribution in [0, 0.1) is 0 Å². The van der Waals surface area contributed by atoms with E-state index in [4.69, 9.17) is 10.7 Å². The molecule has 36 heavy (non-hydrogen) atoms. The minimum Gasteiger partial charge on any atom is -0.383 e. The number of carbonyl (C=O) groups excluding carboxylic acids is 1. The molecular formula is C27H36N6O3. The number of rotatable bonds is 9. The Balaban J connectivity index is 1.86. The number of nitrogens with zero attached hydrogens (tertiary/aromatic N) is 4. The van der Waals surface area contributed by atoms with Crippen LogP contribution in [0.2, 0.25) is 0 Å². The van der Waals surface area contributed by atoms with Gasteiger partial charge >= 0.3 is 5.69 Å². The summed E-state index contributed by atoms with van der Waals surface area (Å²) in [5.74, 6) is 0.436. The Morgan fingerprint density at radius 2 is 1.83 bits per heavy atom. The van der Waals surface area contributed by atoms with Gasteiger partial charge in [-0.05, 0) is 32.1 Å². The van der Waals surface area contributed by atoms with Crippen molar-refractivity contribution in [3.05, 3.63) is 62.6 Å². The van der Waals surface area contributed by atoms with E-state index in [0.29, 0.717) is 25.2 Å². The van der Waals surface area contributed by atoms with Crippen molar-refractivity contribution in [3.8, 4) is 11.4 Å². The maximum atomic E-state index is 14.1. The van der Waals surface area contributed by atoms with Gasteiger partial charge in [0.25, 0.3) is 11.5 Å². The van der Waals surface area contributed by atoms with E-state index in [2.05, 4.69) is 9.55 Å². The summed E-state index contributed by atoms with van der Waals surface area (Å²) in [6.07, 6.45) is 6.91. The predicted molar refractivity (Wildman–Crippen MR) is 142 cm³/mol. The third kappa shape index (κ3) is 5.01. The van der Waals surface area contributed by atoms with Crippen LogP contribution in [-0.4, -0.2) is 31.6 Å². The smallest absolute Gasteiger partial charge is 0.330 e. The average molecular weight is 493 g/mol. The van der Waals surface area contributed by atoms with Crippen molar-refractivity contribution >= 4 is 17.4 Å². The number of H-pyrrole nitrogens is 1. The van der Waals surface area contributed by atoms with Gasteiger partial charge < -0.3 is 10.3 Å². The van der Waals surface area contributed by atoms with Crippen LogP contribution in [0.25, 0.3) is 11.4 Å². The Kier molecular flexibility index (Phi) is 8.07. The third-order valence-corrected chi connectivity index (χ3v) is 6.80. The maximum absolute atomic E-state index is 14.1. The summed E-state index contributed by atoms with van der Waals surface area (Å²) in [6, 6.07) is 9.87. The summed E-state index contributed by atoms with van der Waals surface area (Å²) < 4.78 is 3.51. The SMILES string of the molecule is CCCCN(C(=O)c1nc(-c2ccccc2)n2c1CCCCC2)c1c(N)n(CCCC)c(=O)[nH]c1=O. The molecular weight excluding hydrogens is 456 g/mol. The van der Waals surface area contributed by atoms with E-state index >= 15 is 0 Å². The zero-order valence-corrected chi connectivity index (χ0v) is 21.3. The van der Waals surface area contributed by atoms with E-state index in [9.17, 15) is 14.4 Å². The van der Waals surface area contributed by atoms with Crippen molar-refractivity contribution in [3.63, 3.8) is 0 Å². The number of amides is 1. The van der Waals surface area contributed by atoms with Gasteiger partial charge in [0, 0.05) is 25.2 Å².